The normalized spacial score (nSPS) is 23.2. The lowest BCUT2D eigenvalue weighted by atomic mass is 9.62. The molecule has 3 aliphatic rings. The molecule has 1 N–H and O–H groups in total. The van der Waals surface area contributed by atoms with Crippen molar-refractivity contribution in [2.24, 2.45) is 5.92 Å². The van der Waals surface area contributed by atoms with E-state index in [1.54, 1.807) is 30.3 Å². The van der Waals surface area contributed by atoms with Crippen LogP contribution in [0.15, 0.2) is 103 Å². The Balaban J connectivity index is 1.54. The number of nitrogens with zero attached hydrogens (tertiary/aromatic N) is 1. The van der Waals surface area contributed by atoms with Gasteiger partial charge in [0.1, 0.15) is 17.2 Å². The van der Waals surface area contributed by atoms with Gasteiger partial charge in [-0.2, -0.15) is 0 Å². The molecule has 0 bridgehead atoms. The molecule has 4 aromatic rings. The summed E-state index contributed by atoms with van der Waals surface area (Å²) in [6.07, 6.45) is 3.86. The number of rotatable bonds is 6. The van der Waals surface area contributed by atoms with E-state index in [4.69, 9.17) is 4.74 Å². The minimum Gasteiger partial charge on any atom is -0.493 e. The smallest absolute Gasteiger partial charge is 0.238 e. The van der Waals surface area contributed by atoms with Crippen molar-refractivity contribution >= 4 is 29.2 Å². The van der Waals surface area contributed by atoms with E-state index in [2.05, 4.69) is 5.32 Å². The quantitative estimate of drug-likeness (QED) is 0.280. The molecule has 6 nitrogen and oxygen atoms in total. The molecule has 0 aliphatic carbocycles. The van der Waals surface area contributed by atoms with E-state index < -0.39 is 23.4 Å². The van der Waals surface area contributed by atoms with Gasteiger partial charge >= 0.3 is 0 Å². The van der Waals surface area contributed by atoms with Gasteiger partial charge in [0.15, 0.2) is 11.6 Å². The highest BCUT2D eigenvalue weighted by atomic mass is 16.5. The fourth-order valence-corrected chi connectivity index (χ4v) is 7.18. The molecule has 3 aliphatic heterocycles. The zero-order valence-corrected chi connectivity index (χ0v) is 23.4. The van der Waals surface area contributed by atoms with Gasteiger partial charge < -0.3 is 15.0 Å². The number of hydrogen-bond acceptors (Lipinski definition) is 5. The van der Waals surface area contributed by atoms with Gasteiger partial charge in [0, 0.05) is 17.5 Å². The molecule has 1 spiro atoms. The van der Waals surface area contributed by atoms with Crippen molar-refractivity contribution < 1.29 is 19.1 Å². The third-order valence-electron chi connectivity index (χ3n) is 8.91. The van der Waals surface area contributed by atoms with Crippen LogP contribution >= 0.6 is 0 Å². The van der Waals surface area contributed by atoms with Gasteiger partial charge in [-0.15, -0.1) is 0 Å². The number of ether oxygens (including phenoxy) is 1. The molecule has 0 saturated carbocycles. The number of carbonyl (C=O) groups excluding carboxylic acids is 3. The topological polar surface area (TPSA) is 75.7 Å². The van der Waals surface area contributed by atoms with Gasteiger partial charge in [-0.3, -0.25) is 14.4 Å². The van der Waals surface area contributed by atoms with Crippen LogP contribution in [0.2, 0.25) is 0 Å². The van der Waals surface area contributed by atoms with Gasteiger partial charge in [0.05, 0.1) is 24.1 Å². The van der Waals surface area contributed by atoms with Crippen LogP contribution in [0.25, 0.3) is 6.08 Å². The zero-order valence-electron chi connectivity index (χ0n) is 23.4. The average Bonchev–Trinajstić information content (AvgIpc) is 3.49. The number of hydrogen-bond donors (Lipinski definition) is 1. The Morgan fingerprint density at radius 1 is 0.881 bits per heavy atom. The van der Waals surface area contributed by atoms with Crippen LogP contribution in [0.5, 0.6) is 5.75 Å². The molecule has 4 atom stereocenters. The van der Waals surface area contributed by atoms with Gasteiger partial charge in [0.2, 0.25) is 5.91 Å². The number of amides is 1. The molecule has 0 aromatic heterocycles. The Morgan fingerprint density at radius 3 is 2.40 bits per heavy atom. The van der Waals surface area contributed by atoms with Gasteiger partial charge in [-0.25, -0.2) is 0 Å². The van der Waals surface area contributed by atoms with Crippen molar-refractivity contribution in [3.05, 3.63) is 137 Å². The summed E-state index contributed by atoms with van der Waals surface area (Å²) in [6, 6.07) is 28.4. The maximum absolute atomic E-state index is 15.1. The Morgan fingerprint density at radius 2 is 1.60 bits per heavy atom. The average molecular weight is 555 g/mol. The van der Waals surface area contributed by atoms with E-state index >= 15 is 4.79 Å². The summed E-state index contributed by atoms with van der Waals surface area (Å²) in [5, 5.41) is 3.09. The number of aryl methyl sites for hydroxylation is 1. The third-order valence-corrected chi connectivity index (χ3v) is 8.91. The molecule has 1 saturated heterocycles. The number of anilines is 1. The number of nitrogens with one attached hydrogen (secondary N) is 1. The van der Waals surface area contributed by atoms with Crippen LogP contribution < -0.4 is 10.1 Å². The van der Waals surface area contributed by atoms with Crippen molar-refractivity contribution in [3.63, 3.8) is 0 Å². The lowest BCUT2D eigenvalue weighted by Crippen LogP contribution is -2.49. The summed E-state index contributed by atoms with van der Waals surface area (Å²) < 4.78 is 5.90. The van der Waals surface area contributed by atoms with E-state index in [1.807, 2.05) is 97.8 Å². The van der Waals surface area contributed by atoms with Crippen molar-refractivity contribution in [2.75, 3.05) is 11.9 Å². The predicted molar refractivity (Wildman–Crippen MR) is 162 cm³/mol. The number of carbonyl (C=O) groups is 3. The van der Waals surface area contributed by atoms with E-state index in [-0.39, 0.29) is 17.5 Å². The van der Waals surface area contributed by atoms with E-state index in [0.29, 0.717) is 29.2 Å². The van der Waals surface area contributed by atoms with Gasteiger partial charge in [-0.1, -0.05) is 84.4 Å². The summed E-state index contributed by atoms with van der Waals surface area (Å²) in [7, 11) is 0. The lowest BCUT2D eigenvalue weighted by molar-refractivity contribution is -0.122. The fourth-order valence-electron chi connectivity index (χ4n) is 7.18. The summed E-state index contributed by atoms with van der Waals surface area (Å²) in [5.41, 5.74) is 3.76. The maximum Gasteiger partial charge on any atom is 0.238 e. The molecule has 6 heteroatoms. The lowest BCUT2D eigenvalue weighted by Gasteiger charge is -2.38. The highest BCUT2D eigenvalue weighted by Gasteiger charge is 2.70. The summed E-state index contributed by atoms with van der Waals surface area (Å²) >= 11 is 0. The summed E-state index contributed by atoms with van der Waals surface area (Å²) in [6.45, 7) is 4.21. The van der Waals surface area contributed by atoms with Crippen LogP contribution in [-0.4, -0.2) is 35.0 Å². The first kappa shape index (κ1) is 26.0. The monoisotopic (exact) mass is 554 g/mol. The predicted octanol–water partition coefficient (Wildman–Crippen LogP) is 6.38. The van der Waals surface area contributed by atoms with Crippen LogP contribution in [0, 0.1) is 12.8 Å². The second-order valence-corrected chi connectivity index (χ2v) is 11.1. The van der Waals surface area contributed by atoms with Crippen LogP contribution in [0.1, 0.15) is 55.9 Å². The first-order valence-electron chi connectivity index (χ1n) is 14.3. The Bertz CT molecular complexity index is 1780. The van der Waals surface area contributed by atoms with E-state index in [9.17, 15) is 9.59 Å². The molecular weight excluding hydrogens is 524 g/mol. The van der Waals surface area contributed by atoms with Crippen LogP contribution in [0.3, 0.4) is 0 Å². The van der Waals surface area contributed by atoms with Crippen LogP contribution in [0.4, 0.5) is 5.69 Å². The largest absolute Gasteiger partial charge is 0.493 e. The van der Waals surface area contributed by atoms with Crippen molar-refractivity contribution in [1.82, 2.24) is 4.90 Å². The number of benzene rings is 4. The summed E-state index contributed by atoms with van der Waals surface area (Å²) in [5.74, 6) is -1.39. The standard InChI is InChI=1S/C36H30N2O4/c1-3-42-29-15-9-6-12-26(29)33(40)30-31(32(39)24-18-16-22(2)17-19-24)38-21-20-23-10-4-5-11-25(23)34(38)36(30)27-13-7-8-14-28(27)37-35(36)41/h4-21,30-31,34H,3H2,1-2H3,(H,37,41)/t30-,31+,34+,36-/m0/s1. The number of para-hydroxylation sites is 2. The molecule has 0 radical (unpaired) electrons. The molecule has 42 heavy (non-hydrogen) atoms. The molecule has 0 unspecified atom stereocenters. The van der Waals surface area contributed by atoms with Crippen molar-refractivity contribution in [1.29, 1.82) is 0 Å². The molecule has 7 rings (SSSR count). The van der Waals surface area contributed by atoms with Gasteiger partial charge in [0.25, 0.3) is 0 Å². The van der Waals surface area contributed by atoms with E-state index in [0.717, 1.165) is 22.3 Å². The Hall–Kier alpha value is -4.97. The SMILES string of the molecule is CCOc1ccccc1C(=O)[C@@H]1[C@H](C(=O)c2ccc(C)cc2)N2C=Cc3ccccc3[C@@H]2[C@@]12C(=O)Nc1ccccc12. The first-order chi connectivity index (χ1) is 20.5. The second-order valence-electron chi connectivity index (χ2n) is 11.1. The summed E-state index contributed by atoms with van der Waals surface area (Å²) in [4.78, 5) is 46.2. The molecular formula is C36H30N2O4. The molecule has 208 valence electrons. The molecule has 1 fully saturated rings. The second kappa shape index (κ2) is 9.84. The Labute approximate surface area is 244 Å². The Kier molecular flexibility index (Phi) is 6.08. The number of fused-ring (bicyclic) bond motifs is 6. The van der Waals surface area contributed by atoms with Crippen LogP contribution in [-0.2, 0) is 10.2 Å². The maximum atomic E-state index is 15.1. The zero-order chi connectivity index (χ0) is 29.0. The highest BCUT2D eigenvalue weighted by Crippen LogP contribution is 2.62. The highest BCUT2D eigenvalue weighted by molar-refractivity contribution is 6.17. The number of ketones is 2. The minimum absolute atomic E-state index is 0.203. The van der Waals surface area contributed by atoms with Crippen molar-refractivity contribution in [3.8, 4) is 5.75 Å². The molecule has 1 amide bonds. The third kappa shape index (κ3) is 3.61. The molecule has 4 aromatic carbocycles. The van der Waals surface area contributed by atoms with Gasteiger partial charge in [-0.05, 0) is 54.8 Å². The minimum atomic E-state index is -1.38. The number of Topliss-reactive ketones (excluding diaryl/α,β-unsaturated/α-hetero) is 2. The van der Waals surface area contributed by atoms with Crippen molar-refractivity contribution in [2.45, 2.75) is 31.3 Å². The fraction of sp³-hybridized carbons (Fsp3) is 0.194. The molecule has 3 heterocycles. The first-order valence-corrected chi connectivity index (χ1v) is 14.3. The van der Waals surface area contributed by atoms with E-state index in [1.165, 1.54) is 0 Å².